The number of halogens is 5. The normalized spacial score (nSPS) is 14.7. The lowest BCUT2D eigenvalue weighted by atomic mass is 9.78. The predicted molar refractivity (Wildman–Crippen MR) is 218 cm³/mol. The van der Waals surface area contributed by atoms with E-state index in [-0.39, 0.29) is 23.9 Å². The van der Waals surface area contributed by atoms with Crippen molar-refractivity contribution in [1.29, 1.82) is 0 Å². The molecule has 0 aliphatic carbocycles. The van der Waals surface area contributed by atoms with E-state index in [1.165, 1.54) is 49.2 Å². The van der Waals surface area contributed by atoms with Gasteiger partial charge in [-0.3, -0.25) is 9.58 Å². The molecule has 18 heteroatoms. The molecule has 0 bridgehead atoms. The van der Waals surface area contributed by atoms with Crippen molar-refractivity contribution < 1.29 is 45.7 Å². The molecular formula is C42H43ClF4N6O6S. The Labute approximate surface area is 352 Å². The summed E-state index contributed by atoms with van der Waals surface area (Å²) >= 11 is 8.23. The number of piperazine rings is 1. The van der Waals surface area contributed by atoms with Crippen LogP contribution in [0.3, 0.4) is 0 Å². The lowest BCUT2D eigenvalue weighted by Crippen LogP contribution is -2.45. The van der Waals surface area contributed by atoms with Crippen LogP contribution in [-0.2, 0) is 28.1 Å². The molecule has 4 aromatic heterocycles. The molecule has 7 rings (SSSR count). The highest BCUT2D eigenvalue weighted by Gasteiger charge is 2.43. The van der Waals surface area contributed by atoms with E-state index in [2.05, 4.69) is 31.9 Å². The van der Waals surface area contributed by atoms with Crippen molar-refractivity contribution in [1.82, 2.24) is 29.5 Å². The van der Waals surface area contributed by atoms with Crippen LogP contribution < -0.4 is 14.2 Å². The highest BCUT2D eigenvalue weighted by Crippen LogP contribution is 2.50. The topological polar surface area (TPSA) is 117 Å². The third-order valence-electron chi connectivity index (χ3n) is 10.5. The number of nitrogens with zero attached hydrogens (tertiary/aromatic N) is 6. The fourth-order valence-corrected chi connectivity index (χ4v) is 8.51. The Balaban J connectivity index is 1.24. The second-order valence-electron chi connectivity index (χ2n) is 14.9. The zero-order chi connectivity index (χ0) is 42.8. The van der Waals surface area contributed by atoms with Crippen molar-refractivity contribution >= 4 is 39.1 Å². The number of hydrogen-bond donors (Lipinski definition) is 0. The molecule has 12 nitrogen and oxygen atoms in total. The molecule has 0 radical (unpaired) electrons. The number of carbonyl (C=O) groups is 1. The van der Waals surface area contributed by atoms with E-state index in [0.717, 1.165) is 37.4 Å². The molecule has 1 aliphatic rings. The van der Waals surface area contributed by atoms with Gasteiger partial charge in [-0.2, -0.15) is 22.7 Å². The van der Waals surface area contributed by atoms with Gasteiger partial charge in [0.1, 0.15) is 48.2 Å². The molecule has 0 amide bonds. The van der Waals surface area contributed by atoms with Crippen LogP contribution in [0.4, 0.5) is 17.6 Å². The largest absolute Gasteiger partial charge is 0.491 e. The summed E-state index contributed by atoms with van der Waals surface area (Å²) in [6, 6.07) is 13.8. The number of hydrogen-bond acceptors (Lipinski definition) is 12. The highest BCUT2D eigenvalue weighted by atomic mass is 35.5. The maximum absolute atomic E-state index is 14.4. The number of carbonyl (C=O) groups excluding carboxylic acids is 1. The van der Waals surface area contributed by atoms with Gasteiger partial charge in [0, 0.05) is 61.5 Å². The minimum absolute atomic E-state index is 0.0190. The minimum atomic E-state index is -4.48. The van der Waals surface area contributed by atoms with Crippen LogP contribution in [0, 0.1) is 12.9 Å². The molecule has 6 aromatic rings. The summed E-state index contributed by atoms with van der Waals surface area (Å²) in [7, 11) is 3.34. The van der Waals surface area contributed by atoms with E-state index >= 15 is 0 Å². The van der Waals surface area contributed by atoms with Crippen molar-refractivity contribution in [3.05, 3.63) is 95.0 Å². The number of alkyl halides is 3. The Morgan fingerprint density at radius 1 is 1.00 bits per heavy atom. The van der Waals surface area contributed by atoms with Crippen LogP contribution in [0.5, 0.6) is 17.4 Å². The molecule has 1 atom stereocenters. The summed E-state index contributed by atoms with van der Waals surface area (Å²) in [6.45, 7) is 8.90. The van der Waals surface area contributed by atoms with Gasteiger partial charge in [-0.05, 0) is 49.4 Å². The van der Waals surface area contributed by atoms with Crippen LogP contribution in [0.1, 0.15) is 30.7 Å². The molecule has 5 heterocycles. The Morgan fingerprint density at radius 3 is 2.48 bits per heavy atom. The zero-order valence-corrected chi connectivity index (χ0v) is 35.1. The molecule has 1 saturated heterocycles. The van der Waals surface area contributed by atoms with E-state index in [9.17, 15) is 22.4 Å². The first-order chi connectivity index (χ1) is 28.6. The van der Waals surface area contributed by atoms with Crippen LogP contribution in [-0.4, -0.2) is 101 Å². The Bertz CT molecular complexity index is 2460. The highest BCUT2D eigenvalue weighted by molar-refractivity contribution is 7.22. The number of ether oxygens (including phenoxy) is 4. The molecule has 0 saturated carbocycles. The third kappa shape index (κ3) is 9.23. The first-order valence-corrected chi connectivity index (χ1v) is 20.2. The lowest BCUT2D eigenvalue weighted by molar-refractivity contribution is -0.152. The van der Waals surface area contributed by atoms with Crippen molar-refractivity contribution in [3.63, 3.8) is 0 Å². The maximum atomic E-state index is 14.4. The third-order valence-corrected chi connectivity index (χ3v) is 12.1. The summed E-state index contributed by atoms with van der Waals surface area (Å²) in [4.78, 5) is 28.4. The molecule has 1 fully saturated rings. The van der Waals surface area contributed by atoms with Crippen molar-refractivity contribution in [2.75, 3.05) is 53.5 Å². The average Bonchev–Trinajstić information content (AvgIpc) is 3.96. The maximum Gasteiger partial charge on any atom is 0.408 e. The minimum Gasteiger partial charge on any atom is -0.491 e. The second kappa shape index (κ2) is 17.8. The van der Waals surface area contributed by atoms with Gasteiger partial charge in [-0.15, -0.1) is 11.3 Å². The first kappa shape index (κ1) is 42.9. The van der Waals surface area contributed by atoms with E-state index in [0.29, 0.717) is 60.5 Å². The van der Waals surface area contributed by atoms with Gasteiger partial charge in [0.25, 0.3) is 6.01 Å². The van der Waals surface area contributed by atoms with E-state index in [4.69, 9.17) is 35.0 Å². The fraction of sp³-hybridized carbons (Fsp3) is 0.381. The molecule has 2 aromatic carbocycles. The Morgan fingerprint density at radius 2 is 1.77 bits per heavy atom. The van der Waals surface area contributed by atoms with Gasteiger partial charge >= 0.3 is 12.1 Å². The fourth-order valence-electron chi connectivity index (χ4n) is 7.18. The number of para-hydroxylation sites is 1. The van der Waals surface area contributed by atoms with Gasteiger partial charge in [0.15, 0.2) is 0 Å². The molecule has 1 aliphatic heterocycles. The first-order valence-electron chi connectivity index (χ1n) is 19.0. The molecule has 60 heavy (non-hydrogen) atoms. The van der Waals surface area contributed by atoms with Crippen LogP contribution in [0.15, 0.2) is 71.5 Å². The van der Waals surface area contributed by atoms with Crippen molar-refractivity contribution in [2.45, 2.75) is 51.6 Å². The van der Waals surface area contributed by atoms with Gasteiger partial charge in [-0.1, -0.05) is 49.7 Å². The molecular weight excluding hydrogens is 828 g/mol. The number of methoxy groups -OCH3 is 1. The van der Waals surface area contributed by atoms with Gasteiger partial charge < -0.3 is 28.3 Å². The van der Waals surface area contributed by atoms with Gasteiger partial charge in [0.05, 0.1) is 28.1 Å². The van der Waals surface area contributed by atoms with E-state index in [1.807, 2.05) is 13.0 Å². The van der Waals surface area contributed by atoms with Gasteiger partial charge in [-0.25, -0.2) is 14.8 Å². The monoisotopic (exact) mass is 870 g/mol. The molecule has 0 N–H and O–H groups in total. The second-order valence-corrected chi connectivity index (χ2v) is 16.3. The number of benzene rings is 2. The zero-order valence-electron chi connectivity index (χ0n) is 33.5. The Kier molecular flexibility index (Phi) is 12.7. The summed E-state index contributed by atoms with van der Waals surface area (Å²) < 4.78 is 84.6. The number of esters is 1. The summed E-state index contributed by atoms with van der Waals surface area (Å²) in [6.07, 6.45) is -3.28. The van der Waals surface area contributed by atoms with Crippen LogP contribution in [0.2, 0.25) is 5.02 Å². The van der Waals surface area contributed by atoms with E-state index < -0.39 is 36.2 Å². The molecule has 0 spiro atoms. The molecule has 1 unspecified atom stereocenters. The lowest BCUT2D eigenvalue weighted by Gasteiger charge is -2.34. The van der Waals surface area contributed by atoms with Crippen molar-refractivity contribution in [3.8, 4) is 39.1 Å². The Hall–Kier alpha value is -5.23. The average molecular weight is 871 g/mol. The van der Waals surface area contributed by atoms with Crippen LogP contribution >= 0.6 is 22.9 Å². The SMILES string of the molecule is COC(=O)C(Oc1ncnc2sc(-c3ccc(F)o3)c(-c3ccc(OCCN4CCN(C)CC4)c(Cl)c3C)c12)C(C)(C)c1ccccc1OCc1ccnn1CC(F)(F)F. The molecule has 318 valence electrons. The number of fused-ring (bicyclic) bond motifs is 1. The number of aromatic nitrogens is 4. The number of rotatable bonds is 15. The quantitative estimate of drug-likeness (QED) is 0.0730. The van der Waals surface area contributed by atoms with E-state index in [1.54, 1.807) is 44.2 Å². The standard InChI is InChI=1S/C42H43ClF4N6O6S/c1-25-27(10-11-30(35(25)43)56-21-20-52-18-16-51(4)17-19-52)33-34-38(48-24-49-39(34)60-36(33)31-12-13-32(44)58-31)59-37(40(54)55-5)41(2,3)28-8-6-7-9-29(28)57-22-26-14-15-50-53(26)23-42(45,46)47/h6-15,24,37H,16-23H2,1-5H3. The predicted octanol–water partition coefficient (Wildman–Crippen LogP) is 8.58. The number of furan rings is 1. The van der Waals surface area contributed by atoms with Crippen molar-refractivity contribution in [2.24, 2.45) is 0 Å². The summed E-state index contributed by atoms with van der Waals surface area (Å²) in [5.74, 6) is 0.301. The summed E-state index contributed by atoms with van der Waals surface area (Å²) in [5.41, 5.74) is 1.31. The van der Waals surface area contributed by atoms with Crippen LogP contribution in [0.25, 0.3) is 32.0 Å². The van der Waals surface area contributed by atoms with Gasteiger partial charge in [0.2, 0.25) is 12.0 Å². The number of likely N-dealkylation sites (N-methyl/N-ethyl adjacent to an activating group) is 1. The smallest absolute Gasteiger partial charge is 0.408 e. The number of thiophene rings is 1. The summed E-state index contributed by atoms with van der Waals surface area (Å²) in [5, 5.41) is 4.59.